The Labute approximate surface area is 261 Å². The molecule has 0 atom stereocenters. The summed E-state index contributed by atoms with van der Waals surface area (Å²) in [6.45, 7) is 8.65. The molecule has 1 saturated heterocycles. The number of nitrogens with one attached hydrogen (secondary N) is 1. The van der Waals surface area contributed by atoms with Crippen LogP contribution in [0.5, 0.6) is 0 Å². The Morgan fingerprint density at radius 2 is 1.67 bits per heavy atom. The lowest BCUT2D eigenvalue weighted by Crippen LogP contribution is -2.35. The van der Waals surface area contributed by atoms with Crippen LogP contribution in [0.2, 0.25) is 0 Å². The first-order valence-electron chi connectivity index (χ1n) is 15.2. The van der Waals surface area contributed by atoms with Gasteiger partial charge in [0.1, 0.15) is 5.82 Å². The van der Waals surface area contributed by atoms with Crippen molar-refractivity contribution in [3.8, 4) is 11.3 Å². The molecule has 3 heterocycles. The van der Waals surface area contributed by atoms with Crippen molar-refractivity contribution in [3.63, 3.8) is 0 Å². The van der Waals surface area contributed by atoms with Crippen LogP contribution in [0.1, 0.15) is 54.3 Å². The van der Waals surface area contributed by atoms with E-state index < -0.39 is 0 Å². The number of methoxy groups -OCH3 is 1. The van der Waals surface area contributed by atoms with Gasteiger partial charge in [0.2, 0.25) is 0 Å². The number of rotatable bonds is 7. The van der Waals surface area contributed by atoms with Crippen molar-refractivity contribution in [1.29, 1.82) is 0 Å². The van der Waals surface area contributed by atoms with Crippen LogP contribution >= 0.6 is 0 Å². The van der Waals surface area contributed by atoms with Gasteiger partial charge >= 0.3 is 5.97 Å². The number of benzene rings is 3. The SMILES string of the molecule is COC(=O)c1ccc(N2CCC(Cn3ncc4ccc(NC(=O)c5cnn(C(C)(C)C)c5-c5ccc(F)cc5)cc43)CC2)cc1. The molecule has 5 aromatic rings. The summed E-state index contributed by atoms with van der Waals surface area (Å²) in [5.41, 5.74) is 4.64. The number of esters is 1. The van der Waals surface area contributed by atoms with Crippen LogP contribution in [0.3, 0.4) is 0 Å². The molecular weight excluding hydrogens is 571 g/mol. The van der Waals surface area contributed by atoms with Gasteiger partial charge in [-0.2, -0.15) is 10.2 Å². The van der Waals surface area contributed by atoms with Crippen molar-refractivity contribution in [3.05, 3.63) is 96.1 Å². The van der Waals surface area contributed by atoms with Crippen LogP contribution in [-0.2, 0) is 16.8 Å². The van der Waals surface area contributed by atoms with E-state index >= 15 is 0 Å². The molecule has 0 spiro atoms. The summed E-state index contributed by atoms with van der Waals surface area (Å²) in [7, 11) is 1.39. The van der Waals surface area contributed by atoms with E-state index in [1.807, 2.05) is 62.0 Å². The fourth-order valence-electron chi connectivity index (χ4n) is 5.95. The molecule has 0 aliphatic carbocycles. The molecule has 0 radical (unpaired) electrons. The number of halogens is 1. The number of anilines is 2. The summed E-state index contributed by atoms with van der Waals surface area (Å²) in [6.07, 6.45) is 5.46. The fourth-order valence-corrected chi connectivity index (χ4v) is 5.95. The largest absolute Gasteiger partial charge is 0.465 e. The van der Waals surface area contributed by atoms with Crippen LogP contribution in [0.25, 0.3) is 22.2 Å². The number of amides is 1. The zero-order valence-electron chi connectivity index (χ0n) is 26.0. The Balaban J connectivity index is 1.16. The molecule has 1 amide bonds. The lowest BCUT2D eigenvalue weighted by molar-refractivity contribution is 0.0600. The molecular formula is C35H37FN6O3. The molecule has 3 aromatic carbocycles. The maximum absolute atomic E-state index is 13.7. The van der Waals surface area contributed by atoms with Crippen molar-refractivity contribution in [2.75, 3.05) is 30.4 Å². The van der Waals surface area contributed by atoms with Gasteiger partial charge in [0.05, 0.1) is 47.4 Å². The zero-order chi connectivity index (χ0) is 31.7. The fraction of sp³-hybridized carbons (Fsp3) is 0.314. The minimum atomic E-state index is -0.390. The Morgan fingerprint density at radius 3 is 2.33 bits per heavy atom. The highest BCUT2D eigenvalue weighted by Gasteiger charge is 2.26. The highest BCUT2D eigenvalue weighted by molar-refractivity contribution is 6.08. The summed E-state index contributed by atoms with van der Waals surface area (Å²) < 4.78 is 22.3. The number of nitrogens with zero attached hydrogens (tertiary/aromatic N) is 5. The van der Waals surface area contributed by atoms with Gasteiger partial charge in [-0.3, -0.25) is 14.2 Å². The van der Waals surface area contributed by atoms with Crippen molar-refractivity contribution >= 4 is 34.2 Å². The molecule has 0 saturated carbocycles. The van der Waals surface area contributed by atoms with Gasteiger partial charge in [0.25, 0.3) is 5.91 Å². The predicted molar refractivity (Wildman–Crippen MR) is 173 cm³/mol. The Kier molecular flexibility index (Phi) is 8.14. The molecule has 232 valence electrons. The molecule has 6 rings (SSSR count). The van der Waals surface area contributed by atoms with E-state index in [2.05, 4.69) is 20.4 Å². The summed E-state index contributed by atoms with van der Waals surface area (Å²) in [6, 6.07) is 19.5. The van der Waals surface area contributed by atoms with Gasteiger partial charge in [-0.25, -0.2) is 9.18 Å². The molecule has 0 unspecified atom stereocenters. The second-order valence-corrected chi connectivity index (χ2v) is 12.5. The minimum Gasteiger partial charge on any atom is -0.465 e. The first-order valence-corrected chi connectivity index (χ1v) is 15.2. The number of carbonyl (C=O) groups is 2. The van der Waals surface area contributed by atoms with Gasteiger partial charge in [-0.1, -0.05) is 0 Å². The highest BCUT2D eigenvalue weighted by atomic mass is 19.1. The van der Waals surface area contributed by atoms with E-state index in [4.69, 9.17) is 4.74 Å². The number of hydrogen-bond acceptors (Lipinski definition) is 6. The summed E-state index contributed by atoms with van der Waals surface area (Å²) in [5.74, 6) is -0.504. The van der Waals surface area contributed by atoms with Gasteiger partial charge in [0, 0.05) is 42.0 Å². The minimum absolute atomic E-state index is 0.290. The molecule has 10 heteroatoms. The zero-order valence-corrected chi connectivity index (χ0v) is 26.0. The molecule has 9 nitrogen and oxygen atoms in total. The Bertz CT molecular complexity index is 1830. The monoisotopic (exact) mass is 608 g/mol. The normalized spacial score (nSPS) is 14.1. The van der Waals surface area contributed by atoms with Crippen molar-refractivity contribution in [1.82, 2.24) is 19.6 Å². The smallest absolute Gasteiger partial charge is 0.337 e. The topological polar surface area (TPSA) is 94.3 Å². The quantitative estimate of drug-likeness (QED) is 0.206. The van der Waals surface area contributed by atoms with Crippen molar-refractivity contribution < 1.29 is 18.7 Å². The van der Waals surface area contributed by atoms with Crippen LogP contribution in [0, 0.1) is 11.7 Å². The summed E-state index contributed by atoms with van der Waals surface area (Å²) >= 11 is 0. The Morgan fingerprint density at radius 1 is 0.956 bits per heavy atom. The number of ether oxygens (including phenoxy) is 1. The van der Waals surface area contributed by atoms with Crippen LogP contribution in [-0.4, -0.2) is 51.6 Å². The third-order valence-electron chi connectivity index (χ3n) is 8.37. The average molecular weight is 609 g/mol. The molecule has 1 N–H and O–H groups in total. The first-order chi connectivity index (χ1) is 21.6. The molecule has 1 aliphatic heterocycles. The van der Waals surface area contributed by atoms with E-state index in [-0.39, 0.29) is 23.2 Å². The van der Waals surface area contributed by atoms with E-state index in [1.54, 1.807) is 35.1 Å². The van der Waals surface area contributed by atoms with E-state index in [9.17, 15) is 14.0 Å². The first kappa shape index (κ1) is 30.1. The molecule has 45 heavy (non-hydrogen) atoms. The molecule has 1 fully saturated rings. The lowest BCUT2D eigenvalue weighted by Gasteiger charge is -2.33. The summed E-state index contributed by atoms with van der Waals surface area (Å²) in [4.78, 5) is 27.7. The van der Waals surface area contributed by atoms with E-state index in [0.717, 1.165) is 49.1 Å². The second kappa shape index (κ2) is 12.2. The number of piperidine rings is 1. The molecule has 2 aromatic heterocycles. The highest BCUT2D eigenvalue weighted by Crippen LogP contribution is 2.31. The standard InChI is InChI=1S/C35H37FN6O3/c1-35(2,3)42-32(24-5-10-27(36)11-6-24)30(21-38-42)33(43)39-28-12-7-26-20-37-41(31(26)19-28)22-23-15-17-40(18-16-23)29-13-8-25(9-14-29)34(44)45-4/h5-14,19-21,23H,15-18,22H2,1-4H3,(H,39,43). The van der Waals surface area contributed by atoms with Crippen LogP contribution in [0.15, 0.2) is 79.1 Å². The van der Waals surface area contributed by atoms with Gasteiger partial charge in [-0.15, -0.1) is 0 Å². The lowest BCUT2D eigenvalue weighted by atomic mass is 9.96. The summed E-state index contributed by atoms with van der Waals surface area (Å²) in [5, 5.41) is 13.3. The Hall–Kier alpha value is -4.99. The third kappa shape index (κ3) is 6.31. The average Bonchev–Trinajstić information content (AvgIpc) is 3.67. The maximum Gasteiger partial charge on any atom is 0.337 e. The number of carbonyl (C=O) groups excluding carboxylic acids is 2. The second-order valence-electron chi connectivity index (χ2n) is 12.5. The number of hydrogen-bond donors (Lipinski definition) is 1. The third-order valence-corrected chi connectivity index (χ3v) is 8.37. The maximum atomic E-state index is 13.7. The van der Waals surface area contributed by atoms with Crippen LogP contribution < -0.4 is 10.2 Å². The van der Waals surface area contributed by atoms with E-state index in [1.165, 1.54) is 19.2 Å². The van der Waals surface area contributed by atoms with Gasteiger partial charge in [-0.05, 0) is 106 Å². The predicted octanol–water partition coefficient (Wildman–Crippen LogP) is 6.75. The van der Waals surface area contributed by atoms with Gasteiger partial charge in [0.15, 0.2) is 0 Å². The van der Waals surface area contributed by atoms with Gasteiger partial charge < -0.3 is 15.0 Å². The molecule has 0 bridgehead atoms. The van der Waals surface area contributed by atoms with E-state index in [0.29, 0.717) is 34.0 Å². The molecule has 1 aliphatic rings. The number of fused-ring (bicyclic) bond motifs is 1. The number of aromatic nitrogens is 4. The van der Waals surface area contributed by atoms with Crippen molar-refractivity contribution in [2.45, 2.75) is 45.7 Å². The van der Waals surface area contributed by atoms with Crippen molar-refractivity contribution in [2.24, 2.45) is 5.92 Å². The van der Waals surface area contributed by atoms with Crippen LogP contribution in [0.4, 0.5) is 15.8 Å².